The van der Waals surface area contributed by atoms with Crippen molar-refractivity contribution in [3.05, 3.63) is 85.1 Å². The van der Waals surface area contributed by atoms with E-state index in [1.54, 1.807) is 0 Å². The largest absolute Gasteiger partial charge is 0.462 e. The lowest BCUT2D eigenvalue weighted by Crippen LogP contribution is -2.30. The van der Waals surface area contributed by atoms with Crippen LogP contribution in [0.1, 0.15) is 329 Å². The average molecular weight is 1070 g/mol. The molecule has 0 radical (unpaired) electrons. The van der Waals surface area contributed by atoms with Crippen molar-refractivity contribution in [1.29, 1.82) is 0 Å². The summed E-state index contributed by atoms with van der Waals surface area (Å²) in [5.41, 5.74) is 0. The van der Waals surface area contributed by atoms with Gasteiger partial charge in [0.25, 0.3) is 0 Å². The molecule has 0 saturated carbocycles. The van der Waals surface area contributed by atoms with Crippen LogP contribution in [0, 0.1) is 0 Å². The fourth-order valence-corrected chi connectivity index (χ4v) is 9.39. The minimum Gasteiger partial charge on any atom is -0.462 e. The molecule has 0 heterocycles. The van der Waals surface area contributed by atoms with E-state index < -0.39 is 6.10 Å². The maximum Gasteiger partial charge on any atom is 0.306 e. The second kappa shape index (κ2) is 65.1. The van der Waals surface area contributed by atoms with Crippen LogP contribution in [-0.4, -0.2) is 37.2 Å². The molecule has 0 aliphatic heterocycles. The maximum atomic E-state index is 12.8. The first-order valence-corrected chi connectivity index (χ1v) is 33.1. The molecule has 0 fully saturated rings. The zero-order chi connectivity index (χ0) is 55.7. The van der Waals surface area contributed by atoms with Crippen molar-refractivity contribution in [1.82, 2.24) is 0 Å². The van der Waals surface area contributed by atoms with Gasteiger partial charge < -0.3 is 14.2 Å². The van der Waals surface area contributed by atoms with Gasteiger partial charge in [0.1, 0.15) is 13.2 Å². The van der Waals surface area contributed by atoms with E-state index in [-0.39, 0.29) is 31.1 Å². The Bertz CT molecular complexity index is 1470. The highest BCUT2D eigenvalue weighted by molar-refractivity contribution is 5.71. The summed E-state index contributed by atoms with van der Waals surface area (Å²) in [4.78, 5) is 38.2. The molecule has 0 amide bonds. The van der Waals surface area contributed by atoms with E-state index in [1.807, 2.05) is 0 Å². The van der Waals surface area contributed by atoms with Gasteiger partial charge >= 0.3 is 17.9 Å². The Morgan fingerprint density at radius 1 is 0.273 bits per heavy atom. The van der Waals surface area contributed by atoms with Crippen LogP contribution in [0.2, 0.25) is 0 Å². The second-order valence-electron chi connectivity index (χ2n) is 22.0. The summed E-state index contributed by atoms with van der Waals surface area (Å²) in [6, 6.07) is 0. The average Bonchev–Trinajstić information content (AvgIpc) is 3.43. The standard InChI is InChI=1S/C71H124O6/c1-4-7-10-13-16-19-22-24-25-26-27-28-29-30-31-32-33-34-35-36-37-38-39-40-41-42-43-44-45-47-49-52-55-58-61-64-70(73)76-67-68(66-75-69(72)63-60-57-54-51-48-21-18-15-12-9-6-3)77-71(74)65-62-59-56-53-50-46-23-20-17-14-11-8-5-2/h7,10,15-16,18-20,23-25,27-28,30-31,68H,4-6,8-9,11-14,17,21-22,26,29,32-67H2,1-3H3/b10-7-,18-15-,19-16-,23-20-,25-24-,28-27-,31-30-. The van der Waals surface area contributed by atoms with Crippen molar-refractivity contribution in [2.24, 2.45) is 0 Å². The summed E-state index contributed by atoms with van der Waals surface area (Å²) < 4.78 is 16.9. The molecule has 0 rings (SSSR count). The number of esters is 3. The van der Waals surface area contributed by atoms with Gasteiger partial charge in [-0.15, -0.1) is 0 Å². The first-order chi connectivity index (χ1) is 38.0. The van der Waals surface area contributed by atoms with Gasteiger partial charge in [-0.2, -0.15) is 0 Å². The topological polar surface area (TPSA) is 78.9 Å². The predicted molar refractivity (Wildman–Crippen MR) is 334 cm³/mol. The van der Waals surface area contributed by atoms with Crippen LogP contribution in [0.3, 0.4) is 0 Å². The van der Waals surface area contributed by atoms with Crippen LogP contribution in [0.5, 0.6) is 0 Å². The number of allylic oxidation sites excluding steroid dienone is 14. The molecule has 1 unspecified atom stereocenters. The number of carbonyl (C=O) groups excluding carboxylic acids is 3. The third-order valence-electron chi connectivity index (χ3n) is 14.4. The molecule has 0 N–H and O–H groups in total. The summed E-state index contributed by atoms with van der Waals surface area (Å²) in [6.45, 7) is 6.48. The number of carbonyl (C=O) groups is 3. The fourth-order valence-electron chi connectivity index (χ4n) is 9.39. The van der Waals surface area contributed by atoms with Crippen LogP contribution in [-0.2, 0) is 28.6 Å². The number of hydrogen-bond acceptors (Lipinski definition) is 6. The van der Waals surface area contributed by atoms with E-state index in [1.165, 1.54) is 180 Å². The zero-order valence-corrected chi connectivity index (χ0v) is 51.0. The van der Waals surface area contributed by atoms with Gasteiger partial charge in [0, 0.05) is 19.3 Å². The van der Waals surface area contributed by atoms with Crippen molar-refractivity contribution >= 4 is 17.9 Å². The second-order valence-corrected chi connectivity index (χ2v) is 22.0. The van der Waals surface area contributed by atoms with Gasteiger partial charge in [0.05, 0.1) is 0 Å². The monoisotopic (exact) mass is 1070 g/mol. The Hall–Kier alpha value is -3.41. The first-order valence-electron chi connectivity index (χ1n) is 33.1. The maximum absolute atomic E-state index is 12.8. The highest BCUT2D eigenvalue weighted by atomic mass is 16.6. The molecule has 77 heavy (non-hydrogen) atoms. The van der Waals surface area contributed by atoms with Crippen molar-refractivity contribution in [2.45, 2.75) is 335 Å². The van der Waals surface area contributed by atoms with E-state index in [9.17, 15) is 14.4 Å². The van der Waals surface area contributed by atoms with Gasteiger partial charge in [0.15, 0.2) is 6.10 Å². The van der Waals surface area contributed by atoms with E-state index >= 15 is 0 Å². The minimum atomic E-state index is -0.780. The molecule has 0 aliphatic carbocycles. The minimum absolute atomic E-state index is 0.0782. The fraction of sp³-hybridized carbons (Fsp3) is 0.761. The highest BCUT2D eigenvalue weighted by Gasteiger charge is 2.19. The summed E-state index contributed by atoms with van der Waals surface area (Å²) in [7, 11) is 0. The third kappa shape index (κ3) is 63.3. The predicted octanol–water partition coefficient (Wildman–Crippen LogP) is 22.7. The number of unbranched alkanes of at least 4 members (excludes halogenated alkanes) is 35. The van der Waals surface area contributed by atoms with Crippen molar-refractivity contribution in [2.75, 3.05) is 13.2 Å². The third-order valence-corrected chi connectivity index (χ3v) is 14.4. The Balaban J connectivity index is 4.04. The van der Waals surface area contributed by atoms with Crippen molar-refractivity contribution in [3.8, 4) is 0 Å². The molecular formula is C71H124O6. The SMILES string of the molecule is CC/C=C\C/C=C\C/C=C\C/C=C\C/C=C\CCCCCCCCCCCCCCCCCCCCCC(=O)OCC(COC(=O)CCCCCCC/C=C\CCCC)OC(=O)CCCCCCC/C=C\CCCCCC. The van der Waals surface area contributed by atoms with Crippen LogP contribution >= 0.6 is 0 Å². The van der Waals surface area contributed by atoms with Crippen LogP contribution in [0.25, 0.3) is 0 Å². The van der Waals surface area contributed by atoms with Gasteiger partial charge in [-0.05, 0) is 109 Å². The lowest BCUT2D eigenvalue weighted by Gasteiger charge is -2.18. The molecule has 1 atom stereocenters. The summed E-state index contributed by atoms with van der Waals surface area (Å²) in [5.74, 6) is -0.885. The number of rotatable bonds is 60. The van der Waals surface area contributed by atoms with Gasteiger partial charge in [-0.1, -0.05) is 286 Å². The Morgan fingerprint density at radius 3 is 0.844 bits per heavy atom. The smallest absolute Gasteiger partial charge is 0.306 e. The van der Waals surface area contributed by atoms with Gasteiger partial charge in [-0.3, -0.25) is 14.4 Å². The summed E-state index contributed by atoms with van der Waals surface area (Å²) in [6.07, 6.45) is 86.2. The summed E-state index contributed by atoms with van der Waals surface area (Å²) in [5, 5.41) is 0. The first kappa shape index (κ1) is 73.6. The molecule has 6 nitrogen and oxygen atoms in total. The van der Waals surface area contributed by atoms with E-state index in [0.717, 1.165) is 109 Å². The van der Waals surface area contributed by atoms with Gasteiger partial charge in [0.2, 0.25) is 0 Å². The van der Waals surface area contributed by atoms with E-state index in [0.29, 0.717) is 19.3 Å². The molecule has 0 aromatic carbocycles. The number of hydrogen-bond donors (Lipinski definition) is 0. The van der Waals surface area contributed by atoms with Crippen molar-refractivity contribution < 1.29 is 28.6 Å². The lowest BCUT2D eigenvalue weighted by atomic mass is 10.0. The summed E-state index contributed by atoms with van der Waals surface area (Å²) >= 11 is 0. The molecule has 0 aromatic rings. The number of ether oxygens (including phenoxy) is 3. The van der Waals surface area contributed by atoms with Crippen LogP contribution < -0.4 is 0 Å². The normalized spacial score (nSPS) is 12.6. The molecule has 0 aliphatic rings. The molecule has 444 valence electrons. The van der Waals surface area contributed by atoms with Gasteiger partial charge in [-0.25, -0.2) is 0 Å². The quantitative estimate of drug-likeness (QED) is 0.0261. The molecule has 0 bridgehead atoms. The Labute approximate surface area is 477 Å². The van der Waals surface area contributed by atoms with Crippen molar-refractivity contribution in [3.63, 3.8) is 0 Å². The van der Waals surface area contributed by atoms with E-state index in [2.05, 4.69) is 106 Å². The molecule has 0 spiro atoms. The Morgan fingerprint density at radius 2 is 0.519 bits per heavy atom. The molecule has 0 saturated heterocycles. The Kier molecular flexibility index (Phi) is 62.2. The molecular weight excluding hydrogens is 949 g/mol. The molecule has 0 aromatic heterocycles. The van der Waals surface area contributed by atoms with Crippen LogP contribution in [0.15, 0.2) is 85.1 Å². The molecule has 6 heteroatoms. The van der Waals surface area contributed by atoms with E-state index in [4.69, 9.17) is 14.2 Å². The lowest BCUT2D eigenvalue weighted by molar-refractivity contribution is -0.167. The highest BCUT2D eigenvalue weighted by Crippen LogP contribution is 2.17. The van der Waals surface area contributed by atoms with Crippen LogP contribution in [0.4, 0.5) is 0 Å². The zero-order valence-electron chi connectivity index (χ0n) is 51.0.